The van der Waals surface area contributed by atoms with Gasteiger partial charge in [-0.3, -0.25) is 24.6 Å². The van der Waals surface area contributed by atoms with Crippen LogP contribution in [0.1, 0.15) is 32.6 Å². The van der Waals surface area contributed by atoms with Gasteiger partial charge in [0.05, 0.1) is 18.3 Å². The van der Waals surface area contributed by atoms with Crippen molar-refractivity contribution in [3.05, 3.63) is 24.3 Å². The molecule has 3 N–H and O–H groups in total. The van der Waals surface area contributed by atoms with Crippen molar-refractivity contribution in [1.29, 1.82) is 0 Å². The van der Waals surface area contributed by atoms with Crippen molar-refractivity contribution in [3.63, 3.8) is 0 Å². The van der Waals surface area contributed by atoms with Crippen LogP contribution in [0.25, 0.3) is 0 Å². The van der Waals surface area contributed by atoms with E-state index < -0.39 is 24.6 Å². The molecule has 2 atom stereocenters. The zero-order valence-corrected chi connectivity index (χ0v) is 18.7. The molecule has 1 aromatic carbocycles. The zero-order valence-electron chi connectivity index (χ0n) is 17.8. The second kappa shape index (κ2) is 11.5. The molecule has 2 aliphatic heterocycles. The maximum absolute atomic E-state index is 13.3. The number of rotatable bonds is 9. The number of nitrogens with one attached hydrogen (secondary N) is 2. The van der Waals surface area contributed by atoms with Gasteiger partial charge in [-0.1, -0.05) is 12.1 Å². The Kier molecular flexibility index (Phi) is 8.74. The highest BCUT2D eigenvalue weighted by Gasteiger charge is 2.35. The van der Waals surface area contributed by atoms with Gasteiger partial charge in [0.1, 0.15) is 12.6 Å². The van der Waals surface area contributed by atoms with Crippen molar-refractivity contribution in [3.8, 4) is 0 Å². The predicted molar refractivity (Wildman–Crippen MR) is 119 cm³/mol. The molecule has 0 aromatic heterocycles. The van der Waals surface area contributed by atoms with Crippen LogP contribution < -0.4 is 15.5 Å². The van der Waals surface area contributed by atoms with E-state index in [0.29, 0.717) is 23.8 Å². The number of aliphatic carboxylic acids is 1. The normalized spacial score (nSPS) is 20.6. The molecule has 31 heavy (non-hydrogen) atoms. The summed E-state index contributed by atoms with van der Waals surface area (Å²) in [6, 6.07) is 6.01. The Morgan fingerprint density at radius 2 is 2.06 bits per heavy atom. The third kappa shape index (κ3) is 6.44. The molecular formula is C22H31N3O5S. The van der Waals surface area contributed by atoms with Gasteiger partial charge in [-0.2, -0.15) is 0 Å². The Bertz CT molecular complexity index is 784. The first kappa shape index (κ1) is 23.6. The first-order valence-corrected chi connectivity index (χ1v) is 11.9. The number of fused-ring (bicyclic) bond motifs is 1. The summed E-state index contributed by atoms with van der Waals surface area (Å²) >= 11 is 1.49. The van der Waals surface area contributed by atoms with Gasteiger partial charge in [-0.05, 0) is 63.7 Å². The number of carboxylic acid groups (broad SMARTS) is 1. The Labute approximate surface area is 187 Å². The summed E-state index contributed by atoms with van der Waals surface area (Å²) in [5.74, 6) is -0.819. The molecule has 2 heterocycles. The molecule has 1 saturated heterocycles. The second-order valence-electron chi connectivity index (χ2n) is 7.89. The lowest BCUT2D eigenvalue weighted by atomic mass is 9.91. The highest BCUT2D eigenvalue weighted by molar-refractivity contribution is 7.99. The highest BCUT2D eigenvalue weighted by Crippen LogP contribution is 2.34. The smallest absolute Gasteiger partial charge is 0.323 e. The maximum atomic E-state index is 13.3. The molecule has 1 aromatic rings. The fourth-order valence-electron chi connectivity index (χ4n) is 4.10. The van der Waals surface area contributed by atoms with Crippen LogP contribution in [0.5, 0.6) is 0 Å². The highest BCUT2D eigenvalue weighted by atomic mass is 32.2. The quantitative estimate of drug-likeness (QED) is 0.491. The Hall–Kier alpha value is -2.10. The Morgan fingerprint density at radius 3 is 2.77 bits per heavy atom. The average Bonchev–Trinajstić information content (AvgIpc) is 2.89. The third-order valence-electron chi connectivity index (χ3n) is 5.71. The van der Waals surface area contributed by atoms with E-state index in [0.717, 1.165) is 37.2 Å². The van der Waals surface area contributed by atoms with Gasteiger partial charge >= 0.3 is 11.9 Å². The summed E-state index contributed by atoms with van der Waals surface area (Å²) in [5.41, 5.74) is 0.589. The SMILES string of the molecule is CCOC(=O)[C@@H](CCC1CCNCC1)NC1CSc2ccccc2N(CC(=O)O)C1=O. The van der Waals surface area contributed by atoms with Crippen LogP contribution in [0.15, 0.2) is 29.2 Å². The second-order valence-corrected chi connectivity index (χ2v) is 8.95. The van der Waals surface area contributed by atoms with Crippen molar-refractivity contribution < 1.29 is 24.2 Å². The molecule has 1 unspecified atom stereocenters. The lowest BCUT2D eigenvalue weighted by Crippen LogP contribution is -2.54. The molecule has 3 rings (SSSR count). The summed E-state index contributed by atoms with van der Waals surface area (Å²) < 4.78 is 5.27. The monoisotopic (exact) mass is 449 g/mol. The van der Waals surface area contributed by atoms with E-state index >= 15 is 0 Å². The molecule has 170 valence electrons. The summed E-state index contributed by atoms with van der Waals surface area (Å²) in [7, 11) is 0. The van der Waals surface area contributed by atoms with Gasteiger partial charge in [-0.25, -0.2) is 0 Å². The van der Waals surface area contributed by atoms with Crippen LogP contribution in [0.4, 0.5) is 5.69 Å². The van der Waals surface area contributed by atoms with E-state index in [1.165, 1.54) is 16.7 Å². The molecule has 8 nitrogen and oxygen atoms in total. The summed E-state index contributed by atoms with van der Waals surface area (Å²) in [6.45, 7) is 3.59. The average molecular weight is 450 g/mol. The van der Waals surface area contributed by atoms with Gasteiger partial charge < -0.3 is 15.2 Å². The minimum absolute atomic E-state index is 0.272. The topological polar surface area (TPSA) is 108 Å². The number of hydrogen-bond acceptors (Lipinski definition) is 7. The lowest BCUT2D eigenvalue weighted by Gasteiger charge is -2.28. The number of esters is 1. The van der Waals surface area contributed by atoms with Gasteiger partial charge in [0.25, 0.3) is 0 Å². The zero-order chi connectivity index (χ0) is 22.2. The summed E-state index contributed by atoms with van der Waals surface area (Å²) in [6.07, 6.45) is 3.63. The number of thioether (sulfide) groups is 1. The Balaban J connectivity index is 1.74. The van der Waals surface area contributed by atoms with E-state index in [9.17, 15) is 19.5 Å². The Morgan fingerprint density at radius 1 is 1.32 bits per heavy atom. The number of carbonyl (C=O) groups excluding carboxylic acids is 2. The van der Waals surface area contributed by atoms with E-state index in [1.54, 1.807) is 19.1 Å². The predicted octanol–water partition coefficient (Wildman–Crippen LogP) is 1.88. The minimum Gasteiger partial charge on any atom is -0.480 e. The van der Waals surface area contributed by atoms with Crippen LogP contribution in [0, 0.1) is 5.92 Å². The van der Waals surface area contributed by atoms with Gasteiger partial charge in [0.15, 0.2) is 0 Å². The van der Waals surface area contributed by atoms with Crippen molar-refractivity contribution in [2.45, 2.75) is 49.6 Å². The summed E-state index contributed by atoms with van der Waals surface area (Å²) in [5, 5.41) is 15.9. The van der Waals surface area contributed by atoms with Crippen LogP contribution in [-0.2, 0) is 19.1 Å². The number of ether oxygens (including phenoxy) is 1. The van der Waals surface area contributed by atoms with E-state index in [1.807, 2.05) is 12.1 Å². The molecule has 9 heteroatoms. The molecule has 0 bridgehead atoms. The number of hydrogen-bond donors (Lipinski definition) is 3. The number of carboxylic acids is 1. The lowest BCUT2D eigenvalue weighted by molar-refractivity contribution is -0.146. The first-order valence-electron chi connectivity index (χ1n) is 10.9. The number of anilines is 1. The van der Waals surface area contributed by atoms with E-state index in [2.05, 4.69) is 10.6 Å². The van der Waals surface area contributed by atoms with Crippen molar-refractivity contribution in [2.75, 3.05) is 36.9 Å². The van der Waals surface area contributed by atoms with Gasteiger partial charge in [0.2, 0.25) is 5.91 Å². The minimum atomic E-state index is -1.08. The fraction of sp³-hybridized carbons (Fsp3) is 0.591. The standard InChI is InChI=1S/C22H31N3O5S/c1-2-30-22(29)16(8-7-15-9-11-23-12-10-15)24-17-14-31-19-6-4-3-5-18(19)25(21(17)28)13-20(26)27/h3-6,15-17,23-24H,2,7-14H2,1H3,(H,26,27)/t16-,17?/m1/s1. The number of para-hydroxylation sites is 1. The number of carbonyl (C=O) groups is 3. The molecule has 1 fully saturated rings. The van der Waals surface area contributed by atoms with E-state index in [-0.39, 0.29) is 18.5 Å². The molecule has 1 amide bonds. The van der Waals surface area contributed by atoms with Gasteiger partial charge in [-0.15, -0.1) is 11.8 Å². The third-order valence-corrected chi connectivity index (χ3v) is 6.87. The molecule has 0 radical (unpaired) electrons. The molecule has 0 spiro atoms. The number of amides is 1. The molecule has 2 aliphatic rings. The van der Waals surface area contributed by atoms with Crippen molar-refractivity contribution in [2.24, 2.45) is 5.92 Å². The van der Waals surface area contributed by atoms with Crippen molar-refractivity contribution in [1.82, 2.24) is 10.6 Å². The number of piperidine rings is 1. The molecular weight excluding hydrogens is 418 g/mol. The molecule has 0 aliphatic carbocycles. The fourth-order valence-corrected chi connectivity index (χ4v) is 5.18. The van der Waals surface area contributed by atoms with Gasteiger partial charge in [0, 0.05) is 10.6 Å². The van der Waals surface area contributed by atoms with Crippen LogP contribution >= 0.6 is 11.8 Å². The number of benzene rings is 1. The van der Waals surface area contributed by atoms with Crippen LogP contribution in [0.2, 0.25) is 0 Å². The maximum Gasteiger partial charge on any atom is 0.323 e. The molecule has 0 saturated carbocycles. The largest absolute Gasteiger partial charge is 0.480 e. The number of nitrogens with zero attached hydrogens (tertiary/aromatic N) is 1. The van der Waals surface area contributed by atoms with E-state index in [4.69, 9.17) is 4.74 Å². The summed E-state index contributed by atoms with van der Waals surface area (Å²) in [4.78, 5) is 39.5. The first-order chi connectivity index (χ1) is 15.0. The van der Waals surface area contributed by atoms with Crippen molar-refractivity contribution >= 4 is 35.3 Å². The van der Waals surface area contributed by atoms with Crippen LogP contribution in [-0.4, -0.2) is 67.0 Å². The van der Waals surface area contributed by atoms with Crippen LogP contribution in [0.3, 0.4) is 0 Å².